The molecule has 0 saturated carbocycles. The monoisotopic (exact) mass is 293 g/mol. The Morgan fingerprint density at radius 2 is 2.29 bits per heavy atom. The molecule has 1 aromatic rings. The Morgan fingerprint density at radius 1 is 1.48 bits per heavy atom. The van der Waals surface area contributed by atoms with Crippen molar-refractivity contribution in [3.8, 4) is 5.75 Å². The van der Waals surface area contributed by atoms with Gasteiger partial charge in [0.1, 0.15) is 5.75 Å². The number of carbonyl (C=O) groups excluding carboxylic acids is 1. The van der Waals surface area contributed by atoms with Crippen LogP contribution in [0.2, 0.25) is 0 Å². The first-order valence-electron chi connectivity index (χ1n) is 7.38. The second-order valence-corrected chi connectivity index (χ2v) is 5.34. The molecule has 1 aromatic carbocycles. The number of carbonyl (C=O) groups is 1. The van der Waals surface area contributed by atoms with E-state index in [-0.39, 0.29) is 31.3 Å². The smallest absolute Gasteiger partial charge is 0.260 e. The number of hydrogen-bond donors (Lipinski definition) is 1. The minimum absolute atomic E-state index is 0.0119. The van der Waals surface area contributed by atoms with E-state index in [1.54, 1.807) is 4.90 Å². The molecule has 0 aliphatic carbocycles. The number of aliphatic hydroxyl groups excluding tert-OH is 1. The number of ether oxygens (including phenoxy) is 2. The predicted molar refractivity (Wildman–Crippen MR) is 79.3 cm³/mol. The lowest BCUT2D eigenvalue weighted by molar-refractivity contribution is -0.149. The second-order valence-electron chi connectivity index (χ2n) is 5.34. The van der Waals surface area contributed by atoms with Crippen molar-refractivity contribution in [1.82, 2.24) is 4.90 Å². The number of benzene rings is 1. The van der Waals surface area contributed by atoms with Gasteiger partial charge >= 0.3 is 0 Å². The van der Waals surface area contributed by atoms with E-state index in [9.17, 15) is 9.90 Å². The molecule has 0 radical (unpaired) electrons. The van der Waals surface area contributed by atoms with E-state index in [4.69, 9.17) is 9.47 Å². The van der Waals surface area contributed by atoms with Gasteiger partial charge in [-0.1, -0.05) is 19.1 Å². The molecule has 21 heavy (non-hydrogen) atoms. The first kappa shape index (κ1) is 15.8. The molecular formula is C16H23NO4. The van der Waals surface area contributed by atoms with Crippen molar-refractivity contribution < 1.29 is 19.4 Å². The third-order valence-electron chi connectivity index (χ3n) is 3.55. The SMILES string of the molecule is CCc1cccc(OCC(=O)N2CC(C)OC(CO)C2)c1. The van der Waals surface area contributed by atoms with Crippen LogP contribution in [-0.2, 0) is 16.0 Å². The molecule has 1 saturated heterocycles. The van der Waals surface area contributed by atoms with Crippen LogP contribution in [0.3, 0.4) is 0 Å². The lowest BCUT2D eigenvalue weighted by atomic mass is 10.2. The Labute approximate surface area is 125 Å². The molecular weight excluding hydrogens is 270 g/mol. The van der Waals surface area contributed by atoms with Crippen molar-refractivity contribution in [2.45, 2.75) is 32.5 Å². The number of hydrogen-bond acceptors (Lipinski definition) is 4. The number of morpholine rings is 1. The Balaban J connectivity index is 1.88. The normalized spacial score (nSPS) is 22.1. The number of nitrogens with zero attached hydrogens (tertiary/aromatic N) is 1. The van der Waals surface area contributed by atoms with Crippen LogP contribution in [0.25, 0.3) is 0 Å². The third-order valence-corrected chi connectivity index (χ3v) is 3.55. The molecule has 0 bridgehead atoms. The molecule has 0 spiro atoms. The van der Waals surface area contributed by atoms with Gasteiger partial charge in [-0.3, -0.25) is 4.79 Å². The fraction of sp³-hybridized carbons (Fsp3) is 0.562. The van der Waals surface area contributed by atoms with Crippen molar-refractivity contribution in [1.29, 1.82) is 0 Å². The molecule has 2 atom stereocenters. The van der Waals surface area contributed by atoms with Gasteiger partial charge in [0.15, 0.2) is 6.61 Å². The van der Waals surface area contributed by atoms with Crippen LogP contribution in [0, 0.1) is 0 Å². The van der Waals surface area contributed by atoms with Crippen LogP contribution in [0.1, 0.15) is 19.4 Å². The zero-order valence-electron chi connectivity index (χ0n) is 12.6. The average molecular weight is 293 g/mol. The summed E-state index contributed by atoms with van der Waals surface area (Å²) < 4.78 is 11.1. The highest BCUT2D eigenvalue weighted by molar-refractivity contribution is 5.78. The Hall–Kier alpha value is -1.59. The molecule has 1 fully saturated rings. The van der Waals surface area contributed by atoms with E-state index in [2.05, 4.69) is 6.92 Å². The van der Waals surface area contributed by atoms with E-state index < -0.39 is 0 Å². The van der Waals surface area contributed by atoms with Crippen molar-refractivity contribution in [3.05, 3.63) is 29.8 Å². The van der Waals surface area contributed by atoms with E-state index in [0.29, 0.717) is 18.8 Å². The largest absolute Gasteiger partial charge is 0.484 e. The lowest BCUT2D eigenvalue weighted by Gasteiger charge is -2.36. The number of rotatable bonds is 5. The summed E-state index contributed by atoms with van der Waals surface area (Å²) in [5.74, 6) is 0.633. The van der Waals surface area contributed by atoms with E-state index in [1.807, 2.05) is 31.2 Å². The maximum Gasteiger partial charge on any atom is 0.260 e. The lowest BCUT2D eigenvalue weighted by Crippen LogP contribution is -2.51. The summed E-state index contributed by atoms with van der Waals surface area (Å²) in [5.41, 5.74) is 1.18. The molecule has 1 aliphatic rings. The van der Waals surface area contributed by atoms with Crippen molar-refractivity contribution in [3.63, 3.8) is 0 Å². The first-order valence-corrected chi connectivity index (χ1v) is 7.38. The Morgan fingerprint density at radius 3 is 3.00 bits per heavy atom. The van der Waals surface area contributed by atoms with Crippen molar-refractivity contribution >= 4 is 5.91 Å². The summed E-state index contributed by atoms with van der Waals surface area (Å²) in [5, 5.41) is 9.18. The topological polar surface area (TPSA) is 59.0 Å². The predicted octanol–water partition coefficient (Wildman–Crippen LogP) is 1.24. The maximum atomic E-state index is 12.2. The zero-order chi connectivity index (χ0) is 15.2. The van der Waals surface area contributed by atoms with Crippen LogP contribution in [-0.4, -0.2) is 54.4 Å². The van der Waals surface area contributed by atoms with Crippen LogP contribution < -0.4 is 4.74 Å². The van der Waals surface area contributed by atoms with Gasteiger partial charge in [0.25, 0.3) is 5.91 Å². The highest BCUT2D eigenvalue weighted by Crippen LogP contribution is 2.15. The summed E-state index contributed by atoms with van der Waals surface area (Å²) in [6, 6.07) is 7.76. The molecule has 5 heteroatoms. The molecule has 5 nitrogen and oxygen atoms in total. The van der Waals surface area contributed by atoms with Crippen LogP contribution in [0.4, 0.5) is 0 Å². The Bertz CT molecular complexity index is 477. The van der Waals surface area contributed by atoms with Gasteiger partial charge < -0.3 is 19.5 Å². The summed E-state index contributed by atoms with van der Waals surface area (Å²) in [4.78, 5) is 13.9. The number of amides is 1. The second kappa shape index (κ2) is 7.43. The zero-order valence-corrected chi connectivity index (χ0v) is 12.6. The first-order chi connectivity index (χ1) is 10.1. The highest BCUT2D eigenvalue weighted by Gasteiger charge is 2.28. The molecule has 1 N–H and O–H groups in total. The fourth-order valence-corrected chi connectivity index (χ4v) is 2.44. The van der Waals surface area contributed by atoms with Crippen LogP contribution >= 0.6 is 0 Å². The summed E-state index contributed by atoms with van der Waals surface area (Å²) in [6.45, 7) is 4.86. The minimum Gasteiger partial charge on any atom is -0.484 e. The van der Waals surface area contributed by atoms with E-state index in [1.165, 1.54) is 5.56 Å². The fourth-order valence-electron chi connectivity index (χ4n) is 2.44. The van der Waals surface area contributed by atoms with Gasteiger partial charge in [0, 0.05) is 13.1 Å². The molecule has 2 unspecified atom stereocenters. The van der Waals surface area contributed by atoms with E-state index in [0.717, 1.165) is 6.42 Å². The van der Waals surface area contributed by atoms with Gasteiger partial charge in [-0.25, -0.2) is 0 Å². The number of aryl methyl sites for hydroxylation is 1. The van der Waals surface area contributed by atoms with Crippen LogP contribution in [0.5, 0.6) is 5.75 Å². The minimum atomic E-state index is -0.305. The number of aliphatic hydroxyl groups is 1. The van der Waals surface area contributed by atoms with Gasteiger partial charge in [-0.2, -0.15) is 0 Å². The van der Waals surface area contributed by atoms with E-state index >= 15 is 0 Å². The average Bonchev–Trinajstić information content (AvgIpc) is 2.52. The third kappa shape index (κ3) is 4.44. The Kier molecular flexibility index (Phi) is 5.59. The quantitative estimate of drug-likeness (QED) is 0.887. The van der Waals surface area contributed by atoms with Gasteiger partial charge in [0.2, 0.25) is 0 Å². The van der Waals surface area contributed by atoms with Gasteiger partial charge in [-0.05, 0) is 31.0 Å². The summed E-state index contributed by atoms with van der Waals surface area (Å²) in [6.07, 6.45) is 0.564. The molecule has 2 rings (SSSR count). The van der Waals surface area contributed by atoms with Crippen molar-refractivity contribution in [2.75, 3.05) is 26.3 Å². The molecule has 1 heterocycles. The molecule has 1 amide bonds. The highest BCUT2D eigenvalue weighted by atomic mass is 16.5. The summed E-state index contributed by atoms with van der Waals surface area (Å²) >= 11 is 0. The van der Waals surface area contributed by atoms with Crippen LogP contribution in [0.15, 0.2) is 24.3 Å². The molecule has 116 valence electrons. The summed E-state index contributed by atoms with van der Waals surface area (Å²) in [7, 11) is 0. The molecule has 1 aliphatic heterocycles. The maximum absolute atomic E-state index is 12.2. The van der Waals surface area contributed by atoms with Crippen molar-refractivity contribution in [2.24, 2.45) is 0 Å². The van der Waals surface area contributed by atoms with Gasteiger partial charge in [-0.15, -0.1) is 0 Å². The van der Waals surface area contributed by atoms with Gasteiger partial charge in [0.05, 0.1) is 18.8 Å². The standard InChI is InChI=1S/C16H23NO4/c1-3-13-5-4-6-14(7-13)20-11-16(19)17-8-12(2)21-15(9-17)10-18/h4-7,12,15,18H,3,8-11H2,1-2H3. The molecule has 0 aromatic heterocycles.